The Balaban J connectivity index is 2.82. The van der Waals surface area contributed by atoms with E-state index in [9.17, 15) is 4.79 Å². The summed E-state index contributed by atoms with van der Waals surface area (Å²) in [6.07, 6.45) is 5.62. The van der Waals surface area contributed by atoms with Crippen molar-refractivity contribution in [2.45, 2.75) is 13.3 Å². The lowest BCUT2D eigenvalue weighted by Gasteiger charge is -1.92. The number of carbonyl (C=O) groups is 1. The molecule has 2 heteroatoms. The number of ether oxygens (including phenoxy) is 1. The van der Waals surface area contributed by atoms with Crippen LogP contribution in [-0.4, -0.2) is 19.5 Å². The summed E-state index contributed by atoms with van der Waals surface area (Å²) in [5, 5.41) is 0. The van der Waals surface area contributed by atoms with Gasteiger partial charge in [0.1, 0.15) is 12.9 Å². The Hall–Kier alpha value is -0.630. The summed E-state index contributed by atoms with van der Waals surface area (Å²) in [6, 6.07) is 0. The molecule has 0 bridgehead atoms. The van der Waals surface area contributed by atoms with Crippen LogP contribution in [0.2, 0.25) is 0 Å². The van der Waals surface area contributed by atoms with E-state index in [-0.39, 0.29) is 6.61 Å². The lowest BCUT2D eigenvalue weighted by Crippen LogP contribution is -1.95. The van der Waals surface area contributed by atoms with Gasteiger partial charge in [0.25, 0.3) is 0 Å². The summed E-state index contributed by atoms with van der Waals surface area (Å²) in [5.41, 5.74) is 0. The van der Waals surface area contributed by atoms with E-state index in [1.54, 1.807) is 0 Å². The van der Waals surface area contributed by atoms with Gasteiger partial charge in [-0.25, -0.2) is 0 Å². The molecule has 0 aromatic carbocycles. The molecular weight excluding hydrogens is 116 g/mol. The van der Waals surface area contributed by atoms with Crippen molar-refractivity contribution in [3.8, 4) is 0 Å². The van der Waals surface area contributed by atoms with Gasteiger partial charge in [0.2, 0.25) is 0 Å². The highest BCUT2D eigenvalue weighted by molar-refractivity contribution is 5.50. The van der Waals surface area contributed by atoms with Crippen molar-refractivity contribution < 1.29 is 9.53 Å². The van der Waals surface area contributed by atoms with Crippen LogP contribution in [0.4, 0.5) is 0 Å². The zero-order valence-corrected chi connectivity index (χ0v) is 5.67. The fourth-order valence-corrected chi connectivity index (χ4v) is 0.449. The van der Waals surface area contributed by atoms with Gasteiger partial charge in [-0.3, -0.25) is 0 Å². The van der Waals surface area contributed by atoms with Crippen LogP contribution < -0.4 is 0 Å². The van der Waals surface area contributed by atoms with Crippen molar-refractivity contribution in [1.82, 2.24) is 0 Å². The maximum atomic E-state index is 9.69. The smallest absolute Gasteiger partial charge is 0.145 e. The second-order valence-corrected chi connectivity index (χ2v) is 1.60. The molecule has 0 aliphatic heterocycles. The first-order valence-corrected chi connectivity index (χ1v) is 3.04. The summed E-state index contributed by atoms with van der Waals surface area (Å²) in [5.74, 6) is 0. The quantitative estimate of drug-likeness (QED) is 0.315. The van der Waals surface area contributed by atoms with Crippen molar-refractivity contribution in [3.63, 3.8) is 0 Å². The van der Waals surface area contributed by atoms with Gasteiger partial charge in [-0.1, -0.05) is 12.2 Å². The molecule has 0 amide bonds. The van der Waals surface area contributed by atoms with Crippen LogP contribution in [0.15, 0.2) is 12.2 Å². The molecule has 0 saturated carbocycles. The van der Waals surface area contributed by atoms with E-state index in [1.807, 2.05) is 19.1 Å². The normalized spacial score (nSPS) is 10.3. The minimum absolute atomic E-state index is 0.220. The molecule has 52 valence electrons. The molecule has 9 heavy (non-hydrogen) atoms. The Labute approximate surface area is 55.5 Å². The molecule has 0 radical (unpaired) electrons. The molecule has 0 unspecified atom stereocenters. The fourth-order valence-electron chi connectivity index (χ4n) is 0.449. The Morgan fingerprint density at radius 3 is 2.89 bits per heavy atom. The maximum Gasteiger partial charge on any atom is 0.145 e. The second-order valence-electron chi connectivity index (χ2n) is 1.60. The minimum Gasteiger partial charge on any atom is -0.374 e. The van der Waals surface area contributed by atoms with Crippen molar-refractivity contribution in [2.75, 3.05) is 13.2 Å². The van der Waals surface area contributed by atoms with E-state index >= 15 is 0 Å². The Kier molecular flexibility index (Phi) is 6.85. The van der Waals surface area contributed by atoms with Crippen LogP contribution >= 0.6 is 0 Å². The zero-order valence-electron chi connectivity index (χ0n) is 5.67. The minimum atomic E-state index is 0.220. The second kappa shape index (κ2) is 7.37. The molecule has 0 rings (SSSR count). The average molecular weight is 128 g/mol. The SMILES string of the molecule is CC=CCCOCC=O. The van der Waals surface area contributed by atoms with Gasteiger partial charge in [0, 0.05) is 0 Å². The van der Waals surface area contributed by atoms with Crippen LogP contribution in [0.25, 0.3) is 0 Å². The number of hydrogen-bond acceptors (Lipinski definition) is 2. The van der Waals surface area contributed by atoms with Crippen LogP contribution in [0.3, 0.4) is 0 Å². The Bertz CT molecular complexity index is 86.9. The topological polar surface area (TPSA) is 26.3 Å². The highest BCUT2D eigenvalue weighted by Crippen LogP contribution is 1.82. The first-order chi connectivity index (χ1) is 4.41. The molecule has 2 nitrogen and oxygen atoms in total. The van der Waals surface area contributed by atoms with E-state index in [1.165, 1.54) is 0 Å². The van der Waals surface area contributed by atoms with E-state index in [2.05, 4.69) is 0 Å². The average Bonchev–Trinajstić information content (AvgIpc) is 1.89. The molecule has 0 aromatic rings. The Morgan fingerprint density at radius 1 is 1.56 bits per heavy atom. The third kappa shape index (κ3) is 7.37. The molecule has 0 atom stereocenters. The highest BCUT2D eigenvalue weighted by Gasteiger charge is 1.80. The van der Waals surface area contributed by atoms with Gasteiger partial charge in [-0.15, -0.1) is 0 Å². The van der Waals surface area contributed by atoms with Gasteiger partial charge < -0.3 is 9.53 Å². The molecule has 0 aliphatic rings. The van der Waals surface area contributed by atoms with E-state index < -0.39 is 0 Å². The highest BCUT2D eigenvalue weighted by atomic mass is 16.5. The number of allylic oxidation sites excluding steroid dienone is 1. The number of aldehydes is 1. The van der Waals surface area contributed by atoms with Gasteiger partial charge in [-0.05, 0) is 13.3 Å². The number of hydrogen-bond donors (Lipinski definition) is 0. The summed E-state index contributed by atoms with van der Waals surface area (Å²) >= 11 is 0. The monoisotopic (exact) mass is 128 g/mol. The number of carbonyl (C=O) groups excluding carboxylic acids is 1. The van der Waals surface area contributed by atoms with Crippen molar-refractivity contribution >= 4 is 6.29 Å². The van der Waals surface area contributed by atoms with Crippen LogP contribution in [0, 0.1) is 0 Å². The Morgan fingerprint density at radius 2 is 2.33 bits per heavy atom. The fraction of sp³-hybridized carbons (Fsp3) is 0.571. The van der Waals surface area contributed by atoms with Gasteiger partial charge in [-0.2, -0.15) is 0 Å². The number of rotatable bonds is 5. The maximum absolute atomic E-state index is 9.69. The third-order valence-electron chi connectivity index (χ3n) is 0.850. The summed E-state index contributed by atoms with van der Waals surface area (Å²) in [7, 11) is 0. The molecule has 0 aliphatic carbocycles. The molecule has 0 saturated heterocycles. The molecule has 0 N–H and O–H groups in total. The van der Waals surface area contributed by atoms with Gasteiger partial charge in [0.15, 0.2) is 0 Å². The molecule has 0 fully saturated rings. The molecule has 0 aromatic heterocycles. The van der Waals surface area contributed by atoms with Crippen molar-refractivity contribution in [3.05, 3.63) is 12.2 Å². The van der Waals surface area contributed by atoms with Gasteiger partial charge >= 0.3 is 0 Å². The van der Waals surface area contributed by atoms with E-state index in [0.29, 0.717) is 6.61 Å². The standard InChI is InChI=1S/C7H12O2/c1-2-3-4-6-9-7-5-8/h2-3,5H,4,6-7H2,1H3. The predicted molar refractivity (Wildman–Crippen MR) is 36.3 cm³/mol. The van der Waals surface area contributed by atoms with E-state index in [0.717, 1.165) is 12.7 Å². The van der Waals surface area contributed by atoms with Crippen LogP contribution in [-0.2, 0) is 9.53 Å². The lowest BCUT2D eigenvalue weighted by atomic mass is 10.4. The largest absolute Gasteiger partial charge is 0.374 e. The molecule has 0 spiro atoms. The van der Waals surface area contributed by atoms with Crippen molar-refractivity contribution in [2.24, 2.45) is 0 Å². The summed E-state index contributed by atoms with van der Waals surface area (Å²) in [4.78, 5) is 9.69. The van der Waals surface area contributed by atoms with Gasteiger partial charge in [0.05, 0.1) is 6.61 Å². The molecule has 0 heterocycles. The van der Waals surface area contributed by atoms with Crippen LogP contribution in [0.5, 0.6) is 0 Å². The first-order valence-electron chi connectivity index (χ1n) is 3.04. The summed E-state index contributed by atoms with van der Waals surface area (Å²) < 4.78 is 4.87. The summed E-state index contributed by atoms with van der Waals surface area (Å²) in [6.45, 7) is 2.82. The zero-order chi connectivity index (χ0) is 6.95. The predicted octanol–water partition coefficient (Wildman–Crippen LogP) is 1.17. The van der Waals surface area contributed by atoms with Crippen molar-refractivity contribution in [1.29, 1.82) is 0 Å². The molecular formula is C7H12O2. The third-order valence-corrected chi connectivity index (χ3v) is 0.850. The lowest BCUT2D eigenvalue weighted by molar-refractivity contribution is -0.111. The van der Waals surface area contributed by atoms with E-state index in [4.69, 9.17) is 4.74 Å². The van der Waals surface area contributed by atoms with Crippen LogP contribution in [0.1, 0.15) is 13.3 Å². The first kappa shape index (κ1) is 8.37.